The molecule has 0 radical (unpaired) electrons. The Bertz CT molecular complexity index is 421. The first-order chi connectivity index (χ1) is 9.06. The maximum Gasteiger partial charge on any atom is 0.244 e. The summed E-state index contributed by atoms with van der Waals surface area (Å²) in [6.45, 7) is 6.00. The van der Waals surface area contributed by atoms with Crippen molar-refractivity contribution in [3.8, 4) is 0 Å². The molecule has 3 nitrogen and oxygen atoms in total. The number of carbonyl (C=O) groups is 1. The highest BCUT2D eigenvalue weighted by Crippen LogP contribution is 2.07. The van der Waals surface area contributed by atoms with Gasteiger partial charge < -0.3 is 10.4 Å². The highest BCUT2D eigenvalue weighted by molar-refractivity contribution is 5.91. The summed E-state index contributed by atoms with van der Waals surface area (Å²) >= 11 is 0. The van der Waals surface area contributed by atoms with Crippen molar-refractivity contribution in [1.82, 2.24) is 5.32 Å². The molecule has 0 aliphatic rings. The number of rotatable bonds is 6. The van der Waals surface area contributed by atoms with Crippen molar-refractivity contribution in [1.29, 1.82) is 0 Å². The largest absolute Gasteiger partial charge is 0.394 e. The maximum absolute atomic E-state index is 11.7. The van der Waals surface area contributed by atoms with Gasteiger partial charge in [0, 0.05) is 6.08 Å². The molecule has 0 bridgehead atoms. The van der Waals surface area contributed by atoms with Gasteiger partial charge in [0.25, 0.3) is 0 Å². The molecule has 0 saturated carbocycles. The van der Waals surface area contributed by atoms with Crippen LogP contribution in [0.4, 0.5) is 0 Å². The summed E-state index contributed by atoms with van der Waals surface area (Å²) in [5.74, 6) is 0.0403. The molecule has 1 aromatic rings. The minimum Gasteiger partial charge on any atom is -0.394 e. The van der Waals surface area contributed by atoms with Crippen LogP contribution in [0, 0.1) is 5.92 Å². The number of benzene rings is 1. The van der Waals surface area contributed by atoms with Crippen LogP contribution in [-0.4, -0.2) is 23.7 Å². The molecule has 0 aliphatic carbocycles. The Labute approximate surface area is 115 Å². The van der Waals surface area contributed by atoms with Crippen LogP contribution in [0.5, 0.6) is 0 Å². The van der Waals surface area contributed by atoms with E-state index in [9.17, 15) is 4.79 Å². The Hall–Kier alpha value is -1.61. The SMILES string of the molecule is CCc1ccc(C=CC(=O)NC(CO)C(C)C)cc1. The van der Waals surface area contributed by atoms with Gasteiger partial charge in [-0.2, -0.15) is 0 Å². The van der Waals surface area contributed by atoms with Crippen molar-refractivity contribution in [2.45, 2.75) is 33.2 Å². The van der Waals surface area contributed by atoms with Gasteiger partial charge in [0.15, 0.2) is 0 Å². The predicted molar refractivity (Wildman–Crippen MR) is 78.7 cm³/mol. The molecule has 0 saturated heterocycles. The van der Waals surface area contributed by atoms with Gasteiger partial charge in [0.05, 0.1) is 12.6 Å². The lowest BCUT2D eigenvalue weighted by Crippen LogP contribution is -2.40. The fourth-order valence-corrected chi connectivity index (χ4v) is 1.69. The third-order valence-corrected chi connectivity index (χ3v) is 3.14. The molecule has 0 fully saturated rings. The summed E-state index contributed by atoms with van der Waals surface area (Å²) in [6, 6.07) is 7.91. The lowest BCUT2D eigenvalue weighted by molar-refractivity contribution is -0.117. The van der Waals surface area contributed by atoms with Crippen molar-refractivity contribution in [3.63, 3.8) is 0 Å². The van der Waals surface area contributed by atoms with E-state index in [4.69, 9.17) is 5.11 Å². The first kappa shape index (κ1) is 15.4. The van der Waals surface area contributed by atoms with Gasteiger partial charge in [0.2, 0.25) is 5.91 Å². The van der Waals surface area contributed by atoms with Gasteiger partial charge in [-0.15, -0.1) is 0 Å². The van der Waals surface area contributed by atoms with Gasteiger partial charge in [-0.3, -0.25) is 4.79 Å². The second-order valence-electron chi connectivity index (χ2n) is 4.97. The summed E-state index contributed by atoms with van der Waals surface area (Å²) in [7, 11) is 0. The molecule has 1 amide bonds. The smallest absolute Gasteiger partial charge is 0.244 e. The molecule has 1 aromatic carbocycles. The van der Waals surface area contributed by atoms with E-state index in [1.165, 1.54) is 11.6 Å². The highest BCUT2D eigenvalue weighted by Gasteiger charge is 2.12. The van der Waals surface area contributed by atoms with Gasteiger partial charge in [-0.25, -0.2) is 0 Å². The van der Waals surface area contributed by atoms with Crippen LogP contribution in [0.3, 0.4) is 0 Å². The van der Waals surface area contributed by atoms with Gasteiger partial charge in [-0.1, -0.05) is 45.0 Å². The van der Waals surface area contributed by atoms with E-state index in [0.29, 0.717) is 0 Å². The number of nitrogens with one attached hydrogen (secondary N) is 1. The average molecular weight is 261 g/mol. The summed E-state index contributed by atoms with van der Waals surface area (Å²) < 4.78 is 0. The zero-order chi connectivity index (χ0) is 14.3. The van der Waals surface area contributed by atoms with E-state index in [2.05, 4.69) is 24.4 Å². The Morgan fingerprint density at radius 1 is 1.32 bits per heavy atom. The molecule has 0 aromatic heterocycles. The van der Waals surface area contributed by atoms with Crippen molar-refractivity contribution in [2.24, 2.45) is 5.92 Å². The lowest BCUT2D eigenvalue weighted by atomic mass is 10.1. The minimum absolute atomic E-state index is 0.0392. The predicted octanol–water partition coefficient (Wildman–Crippen LogP) is 2.40. The van der Waals surface area contributed by atoms with Crippen LogP contribution in [-0.2, 0) is 11.2 Å². The van der Waals surface area contributed by atoms with E-state index >= 15 is 0 Å². The summed E-state index contributed by atoms with van der Waals surface area (Å²) in [6.07, 6.45) is 4.30. The van der Waals surface area contributed by atoms with Crippen LogP contribution in [0.1, 0.15) is 31.9 Å². The lowest BCUT2D eigenvalue weighted by Gasteiger charge is -2.18. The number of carbonyl (C=O) groups excluding carboxylic acids is 1. The van der Waals surface area contributed by atoms with Crippen molar-refractivity contribution in [2.75, 3.05) is 6.61 Å². The number of aryl methyl sites for hydroxylation is 1. The van der Waals surface area contributed by atoms with Crippen molar-refractivity contribution in [3.05, 3.63) is 41.5 Å². The van der Waals surface area contributed by atoms with Crippen LogP contribution >= 0.6 is 0 Å². The molecular weight excluding hydrogens is 238 g/mol. The van der Waals surface area contributed by atoms with Crippen LogP contribution in [0.25, 0.3) is 6.08 Å². The quantitative estimate of drug-likeness (QED) is 0.773. The topological polar surface area (TPSA) is 49.3 Å². The van der Waals surface area contributed by atoms with Crippen LogP contribution in [0.15, 0.2) is 30.3 Å². The zero-order valence-electron chi connectivity index (χ0n) is 11.9. The summed E-state index contributed by atoms with van der Waals surface area (Å²) in [5.41, 5.74) is 2.28. The number of hydrogen-bond donors (Lipinski definition) is 2. The number of hydrogen-bond acceptors (Lipinski definition) is 2. The number of amides is 1. The van der Waals surface area contributed by atoms with Crippen molar-refractivity contribution >= 4 is 12.0 Å². The monoisotopic (exact) mass is 261 g/mol. The van der Waals surface area contributed by atoms with E-state index in [1.807, 2.05) is 26.0 Å². The molecule has 3 heteroatoms. The maximum atomic E-state index is 11.7. The van der Waals surface area contributed by atoms with E-state index in [1.54, 1.807) is 6.08 Å². The highest BCUT2D eigenvalue weighted by atomic mass is 16.3. The first-order valence-corrected chi connectivity index (χ1v) is 6.75. The fraction of sp³-hybridized carbons (Fsp3) is 0.438. The molecule has 19 heavy (non-hydrogen) atoms. The number of aliphatic hydroxyl groups excluding tert-OH is 1. The molecule has 0 spiro atoms. The molecule has 2 N–H and O–H groups in total. The Morgan fingerprint density at radius 3 is 2.42 bits per heavy atom. The Morgan fingerprint density at radius 2 is 1.95 bits per heavy atom. The number of aliphatic hydroxyl groups is 1. The average Bonchev–Trinajstić information content (AvgIpc) is 2.42. The Balaban J connectivity index is 2.57. The molecular formula is C16H23NO2. The first-order valence-electron chi connectivity index (χ1n) is 6.75. The molecule has 1 unspecified atom stereocenters. The van der Waals surface area contributed by atoms with Gasteiger partial charge in [0.1, 0.15) is 0 Å². The second kappa shape index (κ2) is 7.74. The summed E-state index contributed by atoms with van der Waals surface area (Å²) in [5, 5.41) is 11.9. The zero-order valence-corrected chi connectivity index (χ0v) is 11.9. The van der Waals surface area contributed by atoms with Crippen molar-refractivity contribution < 1.29 is 9.90 Å². The minimum atomic E-state index is -0.195. The standard InChI is InChI=1S/C16H23NO2/c1-4-13-5-7-14(8-6-13)9-10-16(19)17-15(11-18)12(2)3/h5-10,12,15,18H,4,11H2,1-3H3,(H,17,19). The molecule has 104 valence electrons. The third kappa shape index (κ3) is 5.26. The third-order valence-electron chi connectivity index (χ3n) is 3.14. The molecule has 0 aliphatic heterocycles. The molecule has 1 rings (SSSR count). The fourth-order valence-electron chi connectivity index (χ4n) is 1.69. The van der Waals surface area contributed by atoms with E-state index in [-0.39, 0.29) is 24.5 Å². The Kier molecular flexibility index (Phi) is 6.30. The van der Waals surface area contributed by atoms with E-state index < -0.39 is 0 Å². The normalized spacial score (nSPS) is 12.9. The second-order valence-corrected chi connectivity index (χ2v) is 4.97. The molecule has 1 atom stereocenters. The summed E-state index contributed by atoms with van der Waals surface area (Å²) in [4.78, 5) is 11.7. The van der Waals surface area contributed by atoms with Gasteiger partial charge >= 0.3 is 0 Å². The van der Waals surface area contributed by atoms with Crippen LogP contribution in [0.2, 0.25) is 0 Å². The van der Waals surface area contributed by atoms with E-state index in [0.717, 1.165) is 12.0 Å². The van der Waals surface area contributed by atoms with Gasteiger partial charge in [-0.05, 0) is 29.5 Å². The van der Waals surface area contributed by atoms with Crippen LogP contribution < -0.4 is 5.32 Å². The molecule has 0 heterocycles.